The van der Waals surface area contributed by atoms with Crippen molar-refractivity contribution in [2.45, 2.75) is 69.7 Å². The molecule has 14 nitrogen and oxygen atoms in total. The lowest BCUT2D eigenvalue weighted by molar-refractivity contribution is -0.263. The summed E-state index contributed by atoms with van der Waals surface area (Å²) in [5.41, 5.74) is 5.60. The number of hydrogen-bond acceptors (Lipinski definition) is 9. The third kappa shape index (κ3) is 11.4. The van der Waals surface area contributed by atoms with Gasteiger partial charge in [0.2, 0.25) is 11.8 Å². The molecule has 14 heteroatoms. The number of unbranched alkanes of at least 4 members (excludes halogenated alkanes) is 3. The van der Waals surface area contributed by atoms with Gasteiger partial charge >= 0.3 is 12.1 Å². The quantitative estimate of drug-likeness (QED) is 0.144. The molecular formula is C25H39N5O9. The number of carbonyl (C=O) groups is 4. The van der Waals surface area contributed by atoms with Crippen LogP contribution in [0.25, 0.3) is 0 Å². The van der Waals surface area contributed by atoms with Crippen molar-refractivity contribution in [3.63, 3.8) is 0 Å². The lowest BCUT2D eigenvalue weighted by Crippen LogP contribution is -2.65. The summed E-state index contributed by atoms with van der Waals surface area (Å²) in [6.07, 6.45) is -1.88. The zero-order valence-corrected chi connectivity index (χ0v) is 22.2. The van der Waals surface area contributed by atoms with Gasteiger partial charge in [-0.3, -0.25) is 14.9 Å². The first-order chi connectivity index (χ1) is 18.6. The van der Waals surface area contributed by atoms with Crippen molar-refractivity contribution in [2.75, 3.05) is 26.8 Å². The van der Waals surface area contributed by atoms with E-state index in [2.05, 4.69) is 16.0 Å². The number of aliphatic hydroxyl groups is 2. The first kappa shape index (κ1) is 31.8. The van der Waals surface area contributed by atoms with Gasteiger partial charge in [0, 0.05) is 26.6 Å². The fraction of sp³-hybridized carbons (Fsp3) is 0.600. The Morgan fingerprint density at radius 1 is 1.05 bits per heavy atom. The molecule has 8 N–H and O–H groups in total. The van der Waals surface area contributed by atoms with Crippen LogP contribution in [-0.2, 0) is 25.5 Å². The molecule has 0 radical (unpaired) electrons. The molecule has 0 spiro atoms. The zero-order valence-electron chi connectivity index (χ0n) is 22.2. The molecule has 1 heterocycles. The van der Waals surface area contributed by atoms with Crippen LogP contribution >= 0.6 is 0 Å². The Morgan fingerprint density at radius 2 is 1.79 bits per heavy atom. The van der Waals surface area contributed by atoms with Gasteiger partial charge in [-0.15, -0.1) is 0 Å². The van der Waals surface area contributed by atoms with Gasteiger partial charge in [0.25, 0.3) is 0 Å². The third-order valence-corrected chi connectivity index (χ3v) is 5.95. The highest BCUT2D eigenvalue weighted by Gasteiger charge is 2.45. The third-order valence-electron chi connectivity index (χ3n) is 5.95. The molecular weight excluding hydrogens is 514 g/mol. The standard InChI is InChI=1S/C25H39N5O9/c1-15(31)29-20-22(34)21(33)18(14-28-19(32)13-16-8-7-9-17(12-16)37-2)39-23(20)38-11-6-4-3-5-10-27-25(36)30-24(26)35/h7-9,12,18,20-23,33-34H,3-6,10-11,13-14H2,1-2H3,(H,28,32)(H,29,31)(H4,26,27,30,35,36). The Labute approximate surface area is 226 Å². The molecule has 1 fully saturated rings. The lowest BCUT2D eigenvalue weighted by Gasteiger charge is -2.42. The maximum absolute atomic E-state index is 12.5. The van der Waals surface area contributed by atoms with Crippen molar-refractivity contribution >= 4 is 23.9 Å². The lowest BCUT2D eigenvalue weighted by atomic mass is 9.96. The van der Waals surface area contributed by atoms with E-state index in [9.17, 15) is 29.4 Å². The number of methoxy groups -OCH3 is 1. The molecule has 1 aromatic carbocycles. The van der Waals surface area contributed by atoms with E-state index in [0.717, 1.165) is 18.4 Å². The molecule has 1 saturated heterocycles. The number of amides is 6. The van der Waals surface area contributed by atoms with Gasteiger partial charge in [-0.05, 0) is 30.5 Å². The SMILES string of the molecule is COc1cccc(CC(=O)NCC2OC(OCCCCCCNC(=O)NC(N)=O)C(NC(C)=O)C(O)C2O)c1. The van der Waals surface area contributed by atoms with Crippen LogP contribution in [0.3, 0.4) is 0 Å². The highest BCUT2D eigenvalue weighted by Crippen LogP contribution is 2.23. The number of nitrogens with one attached hydrogen (secondary N) is 4. The van der Waals surface area contributed by atoms with E-state index in [0.29, 0.717) is 25.1 Å². The van der Waals surface area contributed by atoms with Crippen LogP contribution in [0.5, 0.6) is 5.75 Å². The second-order valence-corrected chi connectivity index (χ2v) is 9.11. The van der Waals surface area contributed by atoms with Crippen LogP contribution in [0, 0.1) is 0 Å². The zero-order chi connectivity index (χ0) is 28.8. The Morgan fingerprint density at radius 3 is 2.49 bits per heavy atom. The average molecular weight is 554 g/mol. The summed E-state index contributed by atoms with van der Waals surface area (Å²) in [5.74, 6) is -0.110. The number of carbonyl (C=O) groups excluding carboxylic acids is 4. The largest absolute Gasteiger partial charge is 0.497 e. The number of benzene rings is 1. The van der Waals surface area contributed by atoms with Crippen molar-refractivity contribution in [3.05, 3.63) is 29.8 Å². The number of hydrogen-bond donors (Lipinski definition) is 7. The van der Waals surface area contributed by atoms with Crippen LogP contribution in [-0.4, -0.2) is 91.5 Å². The minimum Gasteiger partial charge on any atom is -0.497 e. The van der Waals surface area contributed by atoms with Crippen LogP contribution in [0.2, 0.25) is 0 Å². The summed E-state index contributed by atoms with van der Waals surface area (Å²) in [4.78, 5) is 46.0. The Balaban J connectivity index is 1.81. The number of urea groups is 2. The molecule has 5 atom stereocenters. The van der Waals surface area contributed by atoms with E-state index in [1.165, 1.54) is 14.0 Å². The van der Waals surface area contributed by atoms with Crippen molar-refractivity contribution in [3.8, 4) is 5.75 Å². The number of primary amides is 1. The second kappa shape index (κ2) is 16.5. The first-order valence-electron chi connectivity index (χ1n) is 12.7. The molecule has 1 aromatic rings. The normalized spacial score (nSPS) is 22.4. The molecule has 0 aromatic heterocycles. The predicted octanol–water partition coefficient (Wildman–Crippen LogP) is -0.740. The molecule has 218 valence electrons. The number of aliphatic hydroxyl groups excluding tert-OH is 2. The van der Waals surface area contributed by atoms with Gasteiger partial charge in [-0.2, -0.15) is 0 Å². The molecule has 0 bridgehead atoms. The summed E-state index contributed by atoms with van der Waals surface area (Å²) in [5, 5.41) is 30.9. The van der Waals surface area contributed by atoms with Crippen molar-refractivity contribution in [1.29, 1.82) is 0 Å². The first-order valence-corrected chi connectivity index (χ1v) is 12.7. The fourth-order valence-electron chi connectivity index (χ4n) is 4.01. The highest BCUT2D eigenvalue weighted by molar-refractivity contribution is 5.92. The molecule has 0 saturated carbocycles. The predicted molar refractivity (Wildman–Crippen MR) is 139 cm³/mol. The Bertz CT molecular complexity index is 964. The van der Waals surface area contributed by atoms with Crippen LogP contribution in [0.4, 0.5) is 9.59 Å². The van der Waals surface area contributed by atoms with E-state index >= 15 is 0 Å². The summed E-state index contributed by atoms with van der Waals surface area (Å²) in [6, 6.07) is 4.49. The Kier molecular flexibility index (Phi) is 13.4. The van der Waals surface area contributed by atoms with Crippen molar-refractivity contribution in [2.24, 2.45) is 5.73 Å². The smallest absolute Gasteiger partial charge is 0.322 e. The minimum atomic E-state index is -1.38. The van der Waals surface area contributed by atoms with Gasteiger partial charge in [-0.25, -0.2) is 9.59 Å². The van der Waals surface area contributed by atoms with E-state index in [4.69, 9.17) is 19.9 Å². The average Bonchev–Trinajstić information content (AvgIpc) is 2.88. The molecule has 6 amide bonds. The monoisotopic (exact) mass is 553 g/mol. The molecule has 0 aliphatic carbocycles. The van der Waals surface area contributed by atoms with Crippen LogP contribution in [0.1, 0.15) is 38.2 Å². The fourth-order valence-corrected chi connectivity index (χ4v) is 4.01. The topological polar surface area (TPSA) is 211 Å². The number of imide groups is 1. The van der Waals surface area contributed by atoms with Crippen LogP contribution in [0.15, 0.2) is 24.3 Å². The summed E-state index contributed by atoms with van der Waals surface area (Å²) in [7, 11) is 1.54. The maximum Gasteiger partial charge on any atom is 0.322 e. The van der Waals surface area contributed by atoms with Gasteiger partial charge in [0.15, 0.2) is 6.29 Å². The highest BCUT2D eigenvalue weighted by atomic mass is 16.7. The van der Waals surface area contributed by atoms with E-state index in [-0.39, 0.29) is 25.5 Å². The second-order valence-electron chi connectivity index (χ2n) is 9.11. The number of nitrogens with two attached hydrogens (primary N) is 1. The van der Waals surface area contributed by atoms with Gasteiger partial charge in [0.1, 0.15) is 30.1 Å². The minimum absolute atomic E-state index is 0.0794. The van der Waals surface area contributed by atoms with Crippen molar-refractivity contribution in [1.82, 2.24) is 21.3 Å². The van der Waals surface area contributed by atoms with E-state index < -0.39 is 48.6 Å². The molecule has 39 heavy (non-hydrogen) atoms. The molecule has 2 rings (SSSR count). The number of ether oxygens (including phenoxy) is 3. The summed E-state index contributed by atoms with van der Waals surface area (Å²) < 4.78 is 16.8. The van der Waals surface area contributed by atoms with Gasteiger partial charge < -0.3 is 46.1 Å². The van der Waals surface area contributed by atoms with E-state index in [1.807, 2.05) is 5.32 Å². The van der Waals surface area contributed by atoms with E-state index in [1.54, 1.807) is 24.3 Å². The molecule has 1 aliphatic heterocycles. The number of rotatable bonds is 14. The maximum atomic E-state index is 12.5. The molecule has 1 aliphatic rings. The Hall–Kier alpha value is -3.46. The molecule has 5 unspecified atom stereocenters. The van der Waals surface area contributed by atoms with Gasteiger partial charge in [0.05, 0.1) is 13.5 Å². The summed E-state index contributed by atoms with van der Waals surface area (Å²) in [6.45, 7) is 1.81. The van der Waals surface area contributed by atoms with Gasteiger partial charge in [-0.1, -0.05) is 25.0 Å². The van der Waals surface area contributed by atoms with Crippen LogP contribution < -0.4 is 31.7 Å². The summed E-state index contributed by atoms with van der Waals surface area (Å²) >= 11 is 0. The van der Waals surface area contributed by atoms with Crippen molar-refractivity contribution < 1.29 is 43.6 Å².